The molecule has 1 amide bonds. The summed E-state index contributed by atoms with van der Waals surface area (Å²) in [6, 6.07) is 0. The smallest absolute Gasteiger partial charge is 0.265 e. The molecule has 0 aromatic rings. The molecule has 0 aliphatic heterocycles. The predicted molar refractivity (Wildman–Crippen MR) is 52.0 cm³/mol. The number of hydrogen-bond acceptors (Lipinski definition) is 2. The molecule has 0 radical (unpaired) electrons. The summed E-state index contributed by atoms with van der Waals surface area (Å²) in [5.74, 6) is -0.869. The van der Waals surface area contributed by atoms with Crippen LogP contribution in [0.3, 0.4) is 0 Å². The Morgan fingerprint density at radius 2 is 1.67 bits per heavy atom. The van der Waals surface area contributed by atoms with E-state index in [0.29, 0.717) is 0 Å². The van der Waals surface area contributed by atoms with Gasteiger partial charge in [0.15, 0.2) is 0 Å². The normalized spacial score (nSPS) is 10.8. The molecule has 0 bridgehead atoms. The van der Waals surface area contributed by atoms with Crippen molar-refractivity contribution in [3.8, 4) is 0 Å². The highest BCUT2D eigenvalue weighted by Gasteiger charge is 2.10. The third kappa shape index (κ3) is 4.98. The summed E-state index contributed by atoms with van der Waals surface area (Å²) < 4.78 is 13.8. The Morgan fingerprint density at radius 1 is 1.25 bits per heavy atom. The van der Waals surface area contributed by atoms with Gasteiger partial charge < -0.3 is 0 Å². The quantitative estimate of drug-likeness (QED) is 0.669. The molecule has 0 rings (SSSR count). The van der Waals surface area contributed by atoms with Crippen molar-refractivity contribution in [1.82, 2.24) is 0 Å². The molecular formula is C5H6Cl3NO2S. The molecular weight excluding hydrogens is 244 g/mol. The first-order chi connectivity index (χ1) is 5.24. The van der Waals surface area contributed by atoms with Crippen molar-refractivity contribution >= 4 is 50.4 Å². The summed E-state index contributed by atoms with van der Waals surface area (Å²) in [6.45, 7) is 0. The van der Waals surface area contributed by atoms with Gasteiger partial charge in [-0.3, -0.25) is 4.79 Å². The van der Waals surface area contributed by atoms with Gasteiger partial charge in [-0.05, 0) is 0 Å². The summed E-state index contributed by atoms with van der Waals surface area (Å²) in [4.78, 5) is 10.9. The Bertz CT molecular complexity index is 325. The van der Waals surface area contributed by atoms with Crippen LogP contribution in [0.5, 0.6) is 0 Å². The minimum Gasteiger partial charge on any atom is -0.265 e. The fourth-order valence-corrected chi connectivity index (χ4v) is 1.07. The van der Waals surface area contributed by atoms with Crippen molar-refractivity contribution < 1.29 is 9.00 Å². The standard InChI is InChI=1S/C5H6Cl3NO2S/c1-12(2,11)9-5(10)3(6)4(7)8/h1-2H3. The van der Waals surface area contributed by atoms with Gasteiger partial charge in [-0.1, -0.05) is 34.8 Å². The number of halogens is 3. The summed E-state index contributed by atoms with van der Waals surface area (Å²) >= 11 is 15.7. The van der Waals surface area contributed by atoms with E-state index in [-0.39, 0.29) is 4.49 Å². The van der Waals surface area contributed by atoms with Gasteiger partial charge in [0.25, 0.3) is 5.91 Å². The van der Waals surface area contributed by atoms with Crippen molar-refractivity contribution in [3.63, 3.8) is 0 Å². The molecule has 0 N–H and O–H groups in total. The fraction of sp³-hybridized carbons (Fsp3) is 0.400. The van der Waals surface area contributed by atoms with Crippen molar-refractivity contribution in [3.05, 3.63) is 9.52 Å². The van der Waals surface area contributed by atoms with Gasteiger partial charge in [-0.2, -0.15) is 4.36 Å². The lowest BCUT2D eigenvalue weighted by Crippen LogP contribution is -2.00. The fourth-order valence-electron chi connectivity index (χ4n) is 0.321. The van der Waals surface area contributed by atoms with Crippen LogP contribution in [-0.4, -0.2) is 22.6 Å². The van der Waals surface area contributed by atoms with E-state index in [0.717, 1.165) is 0 Å². The molecule has 0 saturated carbocycles. The number of carbonyl (C=O) groups is 1. The zero-order valence-corrected chi connectivity index (χ0v) is 9.39. The van der Waals surface area contributed by atoms with E-state index in [1.807, 2.05) is 0 Å². The zero-order valence-electron chi connectivity index (χ0n) is 6.31. The third-order valence-electron chi connectivity index (χ3n) is 0.656. The number of hydrogen-bond donors (Lipinski definition) is 0. The second-order valence-corrected chi connectivity index (χ2v) is 6.02. The van der Waals surface area contributed by atoms with Crippen LogP contribution < -0.4 is 0 Å². The van der Waals surface area contributed by atoms with Crippen LogP contribution in [0, 0.1) is 0 Å². The van der Waals surface area contributed by atoms with E-state index >= 15 is 0 Å². The molecule has 0 unspecified atom stereocenters. The molecule has 0 heterocycles. The first-order valence-electron chi connectivity index (χ1n) is 2.66. The second-order valence-electron chi connectivity index (χ2n) is 2.15. The monoisotopic (exact) mass is 249 g/mol. The molecule has 0 spiro atoms. The van der Waals surface area contributed by atoms with Crippen LogP contribution in [-0.2, 0) is 14.5 Å². The van der Waals surface area contributed by atoms with Crippen molar-refractivity contribution in [2.75, 3.05) is 12.5 Å². The lowest BCUT2D eigenvalue weighted by molar-refractivity contribution is -0.113. The molecule has 0 aliphatic rings. The Kier molecular flexibility index (Phi) is 4.55. The highest BCUT2D eigenvalue weighted by Crippen LogP contribution is 2.19. The van der Waals surface area contributed by atoms with Gasteiger partial charge in [-0.15, -0.1) is 0 Å². The first-order valence-corrected chi connectivity index (χ1v) is 6.13. The van der Waals surface area contributed by atoms with Crippen LogP contribution in [0.4, 0.5) is 0 Å². The van der Waals surface area contributed by atoms with Gasteiger partial charge in [-0.25, -0.2) is 4.21 Å². The largest absolute Gasteiger partial charge is 0.299 e. The van der Waals surface area contributed by atoms with Gasteiger partial charge in [0.05, 0.1) is 0 Å². The number of amides is 1. The highest BCUT2D eigenvalue weighted by molar-refractivity contribution is 7.92. The van der Waals surface area contributed by atoms with Crippen LogP contribution >= 0.6 is 34.8 Å². The maximum Gasteiger partial charge on any atom is 0.299 e. The van der Waals surface area contributed by atoms with Crippen molar-refractivity contribution in [2.45, 2.75) is 0 Å². The van der Waals surface area contributed by atoms with E-state index in [9.17, 15) is 9.00 Å². The SMILES string of the molecule is CS(C)(=O)=NC(=O)C(Cl)=C(Cl)Cl. The number of nitrogens with zero attached hydrogens (tertiary/aromatic N) is 1. The lowest BCUT2D eigenvalue weighted by atomic mass is 10.6. The van der Waals surface area contributed by atoms with Gasteiger partial charge >= 0.3 is 0 Å². The van der Waals surface area contributed by atoms with Crippen molar-refractivity contribution in [1.29, 1.82) is 0 Å². The number of rotatable bonds is 1. The summed E-state index contributed by atoms with van der Waals surface area (Å²) in [5, 5.41) is -0.422. The predicted octanol–water partition coefficient (Wildman–Crippen LogP) is 2.13. The molecule has 0 atom stereocenters. The summed E-state index contributed by atoms with van der Waals surface area (Å²) in [5.41, 5.74) is 0. The Hall–Kier alpha value is 0.230. The maximum atomic E-state index is 11.0. The Balaban J connectivity index is 4.93. The van der Waals surface area contributed by atoms with E-state index in [4.69, 9.17) is 34.8 Å². The first kappa shape index (κ1) is 12.2. The zero-order chi connectivity index (χ0) is 9.94. The van der Waals surface area contributed by atoms with Gasteiger partial charge in [0.2, 0.25) is 0 Å². The maximum absolute atomic E-state index is 11.0. The molecule has 12 heavy (non-hydrogen) atoms. The summed E-state index contributed by atoms with van der Waals surface area (Å²) in [7, 11) is -2.51. The third-order valence-corrected chi connectivity index (χ3v) is 2.18. The van der Waals surface area contributed by atoms with E-state index < -0.39 is 20.7 Å². The van der Waals surface area contributed by atoms with E-state index in [1.54, 1.807) is 0 Å². The van der Waals surface area contributed by atoms with E-state index in [1.165, 1.54) is 12.5 Å². The highest BCUT2D eigenvalue weighted by atomic mass is 35.5. The van der Waals surface area contributed by atoms with Crippen LogP contribution in [0.25, 0.3) is 0 Å². The average molecular weight is 251 g/mol. The molecule has 7 heteroatoms. The van der Waals surface area contributed by atoms with E-state index in [2.05, 4.69) is 4.36 Å². The Morgan fingerprint density at radius 3 is 1.92 bits per heavy atom. The molecule has 0 aromatic carbocycles. The number of carbonyl (C=O) groups excluding carboxylic acids is 1. The molecule has 70 valence electrons. The molecule has 0 aromatic heterocycles. The summed E-state index contributed by atoms with van der Waals surface area (Å²) in [6.07, 6.45) is 2.61. The minimum absolute atomic E-state index is 0.380. The average Bonchev–Trinajstić information content (AvgIpc) is 1.82. The Labute approximate surface area is 85.9 Å². The minimum atomic E-state index is -2.51. The molecule has 3 nitrogen and oxygen atoms in total. The van der Waals surface area contributed by atoms with Crippen LogP contribution in [0.1, 0.15) is 0 Å². The molecule has 0 aliphatic carbocycles. The van der Waals surface area contributed by atoms with Gasteiger partial charge in [0, 0.05) is 22.2 Å². The van der Waals surface area contributed by atoms with Crippen LogP contribution in [0.2, 0.25) is 0 Å². The second kappa shape index (κ2) is 4.46. The molecule has 0 fully saturated rings. The van der Waals surface area contributed by atoms with Crippen LogP contribution in [0.15, 0.2) is 13.9 Å². The molecule has 0 saturated heterocycles. The topological polar surface area (TPSA) is 46.5 Å². The lowest BCUT2D eigenvalue weighted by Gasteiger charge is -1.94. The van der Waals surface area contributed by atoms with Crippen molar-refractivity contribution in [2.24, 2.45) is 4.36 Å². The van der Waals surface area contributed by atoms with Gasteiger partial charge in [0.1, 0.15) is 9.52 Å².